The zero-order valence-corrected chi connectivity index (χ0v) is 11.8. The van der Waals surface area contributed by atoms with Crippen LogP contribution in [0.2, 0.25) is 0 Å². The summed E-state index contributed by atoms with van der Waals surface area (Å²) in [7, 11) is 0. The summed E-state index contributed by atoms with van der Waals surface area (Å²) >= 11 is 0. The van der Waals surface area contributed by atoms with Crippen LogP contribution in [0.25, 0.3) is 0 Å². The topological polar surface area (TPSA) is 47.7 Å². The van der Waals surface area contributed by atoms with Gasteiger partial charge in [-0.1, -0.05) is 13.8 Å². The van der Waals surface area contributed by atoms with Gasteiger partial charge in [-0.15, -0.1) is 0 Å². The normalized spacial score (nSPS) is 11.6. The second kappa shape index (κ2) is 6.02. The second-order valence-electron chi connectivity index (χ2n) is 5.14. The number of anilines is 1. The molecular formula is C13H19F2N5. The Bertz CT molecular complexity index is 559. The van der Waals surface area contributed by atoms with Crippen LogP contribution >= 0.6 is 0 Å². The first-order chi connectivity index (χ1) is 9.47. The van der Waals surface area contributed by atoms with E-state index in [1.807, 2.05) is 17.8 Å². The first-order valence-electron chi connectivity index (χ1n) is 6.56. The Morgan fingerprint density at radius 2 is 2.10 bits per heavy atom. The van der Waals surface area contributed by atoms with Crippen molar-refractivity contribution in [2.24, 2.45) is 5.92 Å². The van der Waals surface area contributed by atoms with Crippen molar-refractivity contribution in [3.8, 4) is 0 Å². The molecule has 2 heterocycles. The van der Waals surface area contributed by atoms with E-state index in [0.29, 0.717) is 22.8 Å². The molecule has 0 saturated heterocycles. The Morgan fingerprint density at radius 3 is 2.75 bits per heavy atom. The number of hydrogen-bond acceptors (Lipinski definition) is 3. The maximum atomic E-state index is 12.7. The van der Waals surface area contributed by atoms with Crippen molar-refractivity contribution in [2.75, 3.05) is 5.32 Å². The molecular weight excluding hydrogens is 264 g/mol. The molecule has 0 unspecified atom stereocenters. The van der Waals surface area contributed by atoms with Crippen LogP contribution in [0.1, 0.15) is 31.8 Å². The minimum Gasteiger partial charge on any atom is -0.377 e. The van der Waals surface area contributed by atoms with Gasteiger partial charge in [0.05, 0.1) is 23.6 Å². The molecule has 2 aromatic rings. The lowest BCUT2D eigenvalue weighted by molar-refractivity contribution is 0.0537. The first kappa shape index (κ1) is 14.5. The molecule has 20 heavy (non-hydrogen) atoms. The maximum Gasteiger partial charge on any atom is 0.333 e. The van der Waals surface area contributed by atoms with Crippen molar-refractivity contribution in [1.29, 1.82) is 0 Å². The van der Waals surface area contributed by atoms with Crippen LogP contribution in [0.5, 0.6) is 0 Å². The predicted molar refractivity (Wildman–Crippen MR) is 72.6 cm³/mol. The number of nitrogens with one attached hydrogen (secondary N) is 1. The number of rotatable bonds is 6. The molecule has 1 N–H and O–H groups in total. The van der Waals surface area contributed by atoms with E-state index in [-0.39, 0.29) is 0 Å². The minimum atomic E-state index is -2.62. The Balaban J connectivity index is 2.03. The van der Waals surface area contributed by atoms with Gasteiger partial charge >= 0.3 is 6.55 Å². The number of aryl methyl sites for hydroxylation is 1. The molecule has 0 aromatic carbocycles. The van der Waals surface area contributed by atoms with Gasteiger partial charge in [0.25, 0.3) is 0 Å². The molecule has 0 atom stereocenters. The third-order valence-electron chi connectivity index (χ3n) is 2.90. The summed E-state index contributed by atoms with van der Waals surface area (Å²) in [5, 5.41) is 11.1. The van der Waals surface area contributed by atoms with Crippen LogP contribution in [0, 0.1) is 12.8 Å². The van der Waals surface area contributed by atoms with Crippen molar-refractivity contribution >= 4 is 5.69 Å². The first-order valence-corrected chi connectivity index (χ1v) is 6.56. The fraction of sp³-hybridized carbons (Fsp3) is 0.538. The lowest BCUT2D eigenvalue weighted by atomic mass is 10.2. The lowest BCUT2D eigenvalue weighted by Crippen LogP contribution is -2.09. The molecule has 0 saturated carbocycles. The molecule has 7 heteroatoms. The molecule has 0 amide bonds. The number of alkyl halides is 2. The van der Waals surface area contributed by atoms with Gasteiger partial charge in [-0.25, -0.2) is 4.68 Å². The van der Waals surface area contributed by atoms with E-state index in [1.165, 1.54) is 6.20 Å². The molecule has 2 aromatic heterocycles. The van der Waals surface area contributed by atoms with Gasteiger partial charge in [-0.2, -0.15) is 19.0 Å². The highest BCUT2D eigenvalue weighted by atomic mass is 19.3. The molecule has 0 aliphatic heterocycles. The van der Waals surface area contributed by atoms with E-state index < -0.39 is 6.55 Å². The molecule has 5 nitrogen and oxygen atoms in total. The number of aromatic nitrogens is 4. The summed E-state index contributed by atoms with van der Waals surface area (Å²) in [5.74, 6) is 0.502. The zero-order valence-electron chi connectivity index (χ0n) is 11.8. The standard InChI is InChI=1S/C13H19F2N5/c1-9(2)7-19-8-12(10(3)18-19)16-6-11-4-5-17-20(11)13(14)15/h4-5,8-9,13,16H,6-7H2,1-3H3. The van der Waals surface area contributed by atoms with Gasteiger partial charge in [0.2, 0.25) is 0 Å². The van der Waals surface area contributed by atoms with Crippen molar-refractivity contribution in [3.05, 3.63) is 29.8 Å². The van der Waals surface area contributed by atoms with E-state index in [0.717, 1.165) is 17.9 Å². The summed E-state index contributed by atoms with van der Waals surface area (Å²) in [6.07, 6.45) is 3.27. The third kappa shape index (κ3) is 3.34. The summed E-state index contributed by atoms with van der Waals surface area (Å²) in [6.45, 7) is 4.63. The molecule has 0 bridgehead atoms. The highest BCUT2D eigenvalue weighted by Gasteiger charge is 2.12. The third-order valence-corrected chi connectivity index (χ3v) is 2.90. The molecule has 0 aliphatic rings. The largest absolute Gasteiger partial charge is 0.377 e. The van der Waals surface area contributed by atoms with Crippen molar-refractivity contribution in [2.45, 2.75) is 40.4 Å². The molecule has 110 valence electrons. The lowest BCUT2D eigenvalue weighted by Gasteiger charge is -2.07. The molecule has 0 spiro atoms. The molecule has 0 fully saturated rings. The Hall–Kier alpha value is -1.92. The fourth-order valence-corrected chi connectivity index (χ4v) is 2.00. The second-order valence-corrected chi connectivity index (χ2v) is 5.14. The molecule has 2 rings (SSSR count). The Morgan fingerprint density at radius 1 is 1.35 bits per heavy atom. The monoisotopic (exact) mass is 283 g/mol. The van der Waals surface area contributed by atoms with Gasteiger partial charge < -0.3 is 5.32 Å². The summed E-state index contributed by atoms with van der Waals surface area (Å²) < 4.78 is 27.9. The van der Waals surface area contributed by atoms with Gasteiger partial charge in [0.1, 0.15) is 0 Å². The van der Waals surface area contributed by atoms with Crippen molar-refractivity contribution in [3.63, 3.8) is 0 Å². The van der Waals surface area contributed by atoms with Crippen molar-refractivity contribution < 1.29 is 8.78 Å². The Kier molecular flexibility index (Phi) is 4.36. The highest BCUT2D eigenvalue weighted by molar-refractivity contribution is 5.45. The summed E-state index contributed by atoms with van der Waals surface area (Å²) in [6, 6.07) is 1.58. The van der Waals surface area contributed by atoms with E-state index in [9.17, 15) is 8.78 Å². The van der Waals surface area contributed by atoms with Crippen molar-refractivity contribution in [1.82, 2.24) is 19.6 Å². The van der Waals surface area contributed by atoms with Gasteiger partial charge in [0.15, 0.2) is 0 Å². The van der Waals surface area contributed by atoms with E-state index in [4.69, 9.17) is 0 Å². The van der Waals surface area contributed by atoms with E-state index in [2.05, 4.69) is 29.4 Å². The van der Waals surface area contributed by atoms with Gasteiger partial charge in [-0.3, -0.25) is 4.68 Å². The zero-order chi connectivity index (χ0) is 14.7. The van der Waals surface area contributed by atoms with Crippen LogP contribution in [0.15, 0.2) is 18.5 Å². The average Bonchev–Trinajstić information content (AvgIpc) is 2.92. The smallest absolute Gasteiger partial charge is 0.333 e. The SMILES string of the molecule is Cc1nn(CC(C)C)cc1NCc1ccnn1C(F)F. The number of halogens is 2. The number of hydrogen-bond donors (Lipinski definition) is 1. The maximum absolute atomic E-state index is 12.7. The number of nitrogens with zero attached hydrogens (tertiary/aromatic N) is 4. The van der Waals surface area contributed by atoms with E-state index in [1.54, 1.807) is 6.07 Å². The Labute approximate surface area is 116 Å². The quantitative estimate of drug-likeness (QED) is 0.886. The van der Waals surface area contributed by atoms with Crippen LogP contribution < -0.4 is 5.32 Å². The van der Waals surface area contributed by atoms with Crippen LogP contribution in [-0.2, 0) is 13.1 Å². The highest BCUT2D eigenvalue weighted by Crippen LogP contribution is 2.17. The van der Waals surface area contributed by atoms with Crippen LogP contribution in [-0.4, -0.2) is 19.6 Å². The molecule has 0 radical (unpaired) electrons. The summed E-state index contributed by atoms with van der Waals surface area (Å²) in [5.41, 5.74) is 2.15. The summed E-state index contributed by atoms with van der Waals surface area (Å²) in [4.78, 5) is 0. The fourth-order valence-electron chi connectivity index (χ4n) is 2.00. The van der Waals surface area contributed by atoms with Gasteiger partial charge in [-0.05, 0) is 18.9 Å². The van der Waals surface area contributed by atoms with Crippen LogP contribution in [0.3, 0.4) is 0 Å². The predicted octanol–water partition coefficient (Wildman–Crippen LogP) is 3.05. The van der Waals surface area contributed by atoms with Crippen LogP contribution in [0.4, 0.5) is 14.5 Å². The molecule has 0 aliphatic carbocycles. The minimum absolute atomic E-state index is 0.290. The van der Waals surface area contributed by atoms with E-state index >= 15 is 0 Å². The average molecular weight is 283 g/mol. The van der Waals surface area contributed by atoms with Gasteiger partial charge in [0, 0.05) is 18.9 Å².